The molecule has 0 fully saturated rings. The molecule has 22 heavy (non-hydrogen) atoms. The lowest BCUT2D eigenvalue weighted by Gasteiger charge is -2.10. The van der Waals surface area contributed by atoms with Crippen molar-refractivity contribution in [2.75, 3.05) is 12.9 Å². The van der Waals surface area contributed by atoms with Crippen LogP contribution in [0.3, 0.4) is 0 Å². The van der Waals surface area contributed by atoms with E-state index in [1.165, 1.54) is 5.56 Å². The molecule has 0 saturated heterocycles. The monoisotopic (exact) mass is 316 g/mol. The van der Waals surface area contributed by atoms with Crippen molar-refractivity contribution in [3.63, 3.8) is 0 Å². The first-order chi connectivity index (χ1) is 10.7. The van der Waals surface area contributed by atoms with Crippen molar-refractivity contribution in [2.24, 2.45) is 0 Å². The first-order valence-corrected chi connectivity index (χ1v) is 8.56. The summed E-state index contributed by atoms with van der Waals surface area (Å²) in [6, 6.07) is 11.4. The molecule has 2 aromatic rings. The molecule has 1 aromatic carbocycles. The summed E-state index contributed by atoms with van der Waals surface area (Å²) in [6.45, 7) is 2.86. The first kappa shape index (κ1) is 16.4. The highest BCUT2D eigenvalue weighted by Crippen LogP contribution is 2.14. The minimum absolute atomic E-state index is 0.0954. The van der Waals surface area contributed by atoms with Crippen LogP contribution in [0.2, 0.25) is 0 Å². The second kappa shape index (κ2) is 8.44. The lowest BCUT2D eigenvalue weighted by atomic mass is 10.1. The molecule has 1 N–H and O–H groups in total. The Balaban J connectivity index is 1.97. The summed E-state index contributed by atoms with van der Waals surface area (Å²) in [7, 11) is 0. The number of nitrogens with zero attached hydrogens (tertiary/aromatic N) is 1. The molecule has 5 heteroatoms. The minimum Gasteiger partial charge on any atom is -0.478 e. The molecule has 1 amide bonds. The van der Waals surface area contributed by atoms with Crippen molar-refractivity contribution in [3.05, 3.63) is 59.3 Å². The molecular formula is C17H20N2O2S. The van der Waals surface area contributed by atoms with Crippen LogP contribution < -0.4 is 10.1 Å². The van der Waals surface area contributed by atoms with E-state index in [0.717, 1.165) is 11.3 Å². The van der Waals surface area contributed by atoms with Crippen LogP contribution in [0.4, 0.5) is 0 Å². The zero-order valence-corrected chi connectivity index (χ0v) is 13.7. The number of amides is 1. The van der Waals surface area contributed by atoms with Gasteiger partial charge in [-0.15, -0.1) is 0 Å². The van der Waals surface area contributed by atoms with E-state index in [4.69, 9.17) is 4.74 Å². The first-order valence-electron chi connectivity index (χ1n) is 7.17. The van der Waals surface area contributed by atoms with Gasteiger partial charge in [0, 0.05) is 29.6 Å². The van der Waals surface area contributed by atoms with E-state index >= 15 is 0 Å². The number of carbonyl (C=O) groups excluding carboxylic acids is 1. The van der Waals surface area contributed by atoms with E-state index < -0.39 is 0 Å². The van der Waals surface area contributed by atoms with Crippen molar-refractivity contribution in [1.82, 2.24) is 10.3 Å². The zero-order chi connectivity index (χ0) is 15.8. The van der Waals surface area contributed by atoms with Crippen molar-refractivity contribution in [1.29, 1.82) is 0 Å². The molecule has 0 aliphatic carbocycles. The Kier molecular flexibility index (Phi) is 6.27. The van der Waals surface area contributed by atoms with Gasteiger partial charge < -0.3 is 10.1 Å². The molecule has 0 saturated carbocycles. The molecule has 2 rings (SSSR count). The number of carbonyl (C=O) groups is 1. The van der Waals surface area contributed by atoms with Gasteiger partial charge in [0.1, 0.15) is 0 Å². The molecule has 0 unspecified atom stereocenters. The van der Waals surface area contributed by atoms with Crippen LogP contribution in [0.1, 0.15) is 28.4 Å². The van der Waals surface area contributed by atoms with E-state index in [1.807, 2.05) is 43.3 Å². The number of benzene rings is 1. The van der Waals surface area contributed by atoms with Crippen LogP contribution in [-0.2, 0) is 12.3 Å². The summed E-state index contributed by atoms with van der Waals surface area (Å²) < 4.78 is 5.45. The summed E-state index contributed by atoms with van der Waals surface area (Å²) in [6.07, 6.45) is 3.74. The number of nitrogens with one attached hydrogen (secondary N) is 1. The van der Waals surface area contributed by atoms with Crippen LogP contribution in [0.15, 0.2) is 42.6 Å². The van der Waals surface area contributed by atoms with E-state index in [1.54, 1.807) is 18.0 Å². The lowest BCUT2D eigenvalue weighted by molar-refractivity contribution is 0.0950. The Hall–Kier alpha value is -2.01. The molecule has 116 valence electrons. The van der Waals surface area contributed by atoms with Gasteiger partial charge in [-0.3, -0.25) is 4.79 Å². The second-order valence-corrected chi connectivity index (χ2v) is 5.58. The molecular weight excluding hydrogens is 296 g/mol. The number of thioether (sulfide) groups is 1. The number of aromatic nitrogens is 1. The highest BCUT2D eigenvalue weighted by Gasteiger charge is 2.08. The molecule has 0 aliphatic heterocycles. The SMILES string of the molecule is CCOc1ncccc1CNC(=O)c1ccc(CSC)cc1. The normalized spacial score (nSPS) is 10.3. The largest absolute Gasteiger partial charge is 0.478 e. The Bertz CT molecular complexity index is 614. The third-order valence-corrected chi connectivity index (χ3v) is 3.72. The smallest absolute Gasteiger partial charge is 0.251 e. The predicted molar refractivity (Wildman–Crippen MR) is 90.2 cm³/mol. The Morgan fingerprint density at radius 1 is 1.27 bits per heavy atom. The molecule has 4 nitrogen and oxygen atoms in total. The van der Waals surface area contributed by atoms with E-state index in [-0.39, 0.29) is 5.91 Å². The number of hydrogen-bond acceptors (Lipinski definition) is 4. The fourth-order valence-electron chi connectivity index (χ4n) is 2.02. The van der Waals surface area contributed by atoms with Gasteiger partial charge in [0.15, 0.2) is 0 Å². The maximum Gasteiger partial charge on any atom is 0.251 e. The van der Waals surface area contributed by atoms with Crippen molar-refractivity contribution in [2.45, 2.75) is 19.2 Å². The fraction of sp³-hybridized carbons (Fsp3) is 0.294. The van der Waals surface area contributed by atoms with E-state index in [2.05, 4.69) is 16.6 Å². The molecule has 0 radical (unpaired) electrons. The molecule has 1 heterocycles. The van der Waals surface area contributed by atoms with Gasteiger partial charge in [-0.1, -0.05) is 18.2 Å². The van der Waals surface area contributed by atoms with Gasteiger partial charge in [0.05, 0.1) is 6.61 Å². The lowest BCUT2D eigenvalue weighted by Crippen LogP contribution is -2.23. The third-order valence-electron chi connectivity index (χ3n) is 3.10. The van der Waals surface area contributed by atoms with Crippen molar-refractivity contribution in [3.8, 4) is 5.88 Å². The van der Waals surface area contributed by atoms with Crippen LogP contribution in [-0.4, -0.2) is 23.8 Å². The standard InChI is InChI=1S/C17H20N2O2S/c1-3-21-17-15(5-4-10-18-17)11-19-16(20)14-8-6-13(7-9-14)12-22-2/h4-10H,3,11-12H2,1-2H3,(H,19,20). The summed E-state index contributed by atoms with van der Waals surface area (Å²) in [4.78, 5) is 16.4. The highest BCUT2D eigenvalue weighted by atomic mass is 32.2. The number of ether oxygens (including phenoxy) is 1. The number of hydrogen-bond donors (Lipinski definition) is 1. The maximum atomic E-state index is 12.2. The molecule has 0 bridgehead atoms. The molecule has 0 spiro atoms. The highest BCUT2D eigenvalue weighted by molar-refractivity contribution is 7.97. The molecule has 1 aromatic heterocycles. The van der Waals surface area contributed by atoms with Crippen molar-refractivity contribution < 1.29 is 9.53 Å². The van der Waals surface area contributed by atoms with Gasteiger partial charge >= 0.3 is 0 Å². The van der Waals surface area contributed by atoms with Crippen molar-refractivity contribution >= 4 is 17.7 Å². The average molecular weight is 316 g/mol. The summed E-state index contributed by atoms with van der Waals surface area (Å²) >= 11 is 1.76. The molecule has 0 aliphatic rings. The number of rotatable bonds is 7. The van der Waals surface area contributed by atoms with Gasteiger partial charge in [-0.05, 0) is 36.9 Å². The Morgan fingerprint density at radius 2 is 2.05 bits per heavy atom. The molecule has 0 atom stereocenters. The van der Waals surface area contributed by atoms with Crippen LogP contribution in [0.5, 0.6) is 5.88 Å². The van der Waals surface area contributed by atoms with Crippen LogP contribution >= 0.6 is 11.8 Å². The maximum absolute atomic E-state index is 12.2. The van der Waals surface area contributed by atoms with Gasteiger partial charge in [0.25, 0.3) is 5.91 Å². The van der Waals surface area contributed by atoms with Gasteiger partial charge in [-0.25, -0.2) is 4.98 Å². The second-order valence-electron chi connectivity index (χ2n) is 4.71. The predicted octanol–water partition coefficient (Wildman–Crippen LogP) is 3.27. The third kappa shape index (κ3) is 4.49. The van der Waals surface area contributed by atoms with Gasteiger partial charge in [-0.2, -0.15) is 11.8 Å². The van der Waals surface area contributed by atoms with Gasteiger partial charge in [0.2, 0.25) is 5.88 Å². The van der Waals surface area contributed by atoms with Crippen LogP contribution in [0, 0.1) is 0 Å². The summed E-state index contributed by atoms with van der Waals surface area (Å²) in [5.41, 5.74) is 2.75. The van der Waals surface area contributed by atoms with E-state index in [9.17, 15) is 4.79 Å². The zero-order valence-electron chi connectivity index (χ0n) is 12.8. The summed E-state index contributed by atoms with van der Waals surface area (Å²) in [5, 5.41) is 2.90. The average Bonchev–Trinajstić information content (AvgIpc) is 2.55. The van der Waals surface area contributed by atoms with Crippen LogP contribution in [0.25, 0.3) is 0 Å². The summed E-state index contributed by atoms with van der Waals surface area (Å²) in [5.74, 6) is 1.43. The number of pyridine rings is 1. The minimum atomic E-state index is -0.0954. The Labute approximate surface area is 135 Å². The topological polar surface area (TPSA) is 51.2 Å². The fourth-order valence-corrected chi connectivity index (χ4v) is 2.55. The Morgan fingerprint density at radius 3 is 2.73 bits per heavy atom. The quantitative estimate of drug-likeness (QED) is 0.852. The van der Waals surface area contributed by atoms with E-state index in [0.29, 0.717) is 24.6 Å².